The molecule has 0 aliphatic carbocycles. The van der Waals surface area contributed by atoms with Gasteiger partial charge in [0.2, 0.25) is 0 Å². The molecular weight excluding hydrogens is 240 g/mol. The van der Waals surface area contributed by atoms with E-state index in [1.807, 2.05) is 11.8 Å². The van der Waals surface area contributed by atoms with Gasteiger partial charge in [0.1, 0.15) is 5.69 Å². The molecule has 1 amide bonds. The van der Waals surface area contributed by atoms with E-state index in [1.165, 1.54) is 0 Å². The maximum atomic E-state index is 12.2. The zero-order chi connectivity index (χ0) is 13.8. The minimum atomic E-state index is -0.00306. The van der Waals surface area contributed by atoms with E-state index in [4.69, 9.17) is 0 Å². The van der Waals surface area contributed by atoms with Crippen LogP contribution in [-0.2, 0) is 0 Å². The van der Waals surface area contributed by atoms with Gasteiger partial charge < -0.3 is 4.90 Å². The van der Waals surface area contributed by atoms with Crippen molar-refractivity contribution < 1.29 is 4.79 Å². The summed E-state index contributed by atoms with van der Waals surface area (Å²) < 4.78 is 0. The lowest BCUT2D eigenvalue weighted by molar-refractivity contribution is 0.0617. The quantitative estimate of drug-likeness (QED) is 0.821. The summed E-state index contributed by atoms with van der Waals surface area (Å²) in [6.07, 6.45) is 3.21. The third kappa shape index (κ3) is 3.73. The van der Waals surface area contributed by atoms with Crippen molar-refractivity contribution in [2.45, 2.75) is 20.8 Å². The fourth-order valence-electron chi connectivity index (χ4n) is 2.31. The first-order valence-corrected chi connectivity index (χ1v) is 6.86. The molecule has 0 unspecified atom stereocenters. The van der Waals surface area contributed by atoms with Gasteiger partial charge in [0, 0.05) is 38.9 Å². The molecule has 1 aliphatic heterocycles. The summed E-state index contributed by atoms with van der Waals surface area (Å²) >= 11 is 0. The van der Waals surface area contributed by atoms with Gasteiger partial charge in [-0.15, -0.1) is 0 Å². The zero-order valence-corrected chi connectivity index (χ0v) is 12.0. The SMILES string of the molecule is Cc1cnc(C(=O)N2CCN(CC(C)C)CC2)cn1. The molecule has 0 spiro atoms. The van der Waals surface area contributed by atoms with Crippen molar-refractivity contribution in [3.63, 3.8) is 0 Å². The smallest absolute Gasteiger partial charge is 0.274 e. The highest BCUT2D eigenvalue weighted by molar-refractivity contribution is 5.92. The van der Waals surface area contributed by atoms with Crippen LogP contribution in [0.2, 0.25) is 0 Å². The molecule has 0 aromatic carbocycles. The van der Waals surface area contributed by atoms with E-state index in [2.05, 4.69) is 28.7 Å². The highest BCUT2D eigenvalue weighted by Crippen LogP contribution is 2.08. The van der Waals surface area contributed by atoms with E-state index in [0.29, 0.717) is 11.6 Å². The van der Waals surface area contributed by atoms with Crippen molar-refractivity contribution in [3.8, 4) is 0 Å². The van der Waals surface area contributed by atoms with E-state index < -0.39 is 0 Å². The van der Waals surface area contributed by atoms with Gasteiger partial charge in [-0.05, 0) is 12.8 Å². The van der Waals surface area contributed by atoms with Crippen molar-refractivity contribution in [1.82, 2.24) is 19.8 Å². The molecule has 1 aliphatic rings. The largest absolute Gasteiger partial charge is 0.335 e. The van der Waals surface area contributed by atoms with Gasteiger partial charge in [-0.1, -0.05) is 13.8 Å². The topological polar surface area (TPSA) is 49.3 Å². The van der Waals surface area contributed by atoms with Gasteiger partial charge in [0.15, 0.2) is 0 Å². The summed E-state index contributed by atoms with van der Waals surface area (Å²) in [7, 11) is 0. The summed E-state index contributed by atoms with van der Waals surface area (Å²) in [5.41, 5.74) is 1.28. The molecule has 1 aromatic heterocycles. The molecule has 104 valence electrons. The summed E-state index contributed by atoms with van der Waals surface area (Å²) in [6, 6.07) is 0. The van der Waals surface area contributed by atoms with E-state index in [1.54, 1.807) is 12.4 Å². The molecule has 1 fully saturated rings. The summed E-state index contributed by atoms with van der Waals surface area (Å²) in [6.45, 7) is 10.9. The highest BCUT2D eigenvalue weighted by Gasteiger charge is 2.23. The zero-order valence-electron chi connectivity index (χ0n) is 12.0. The average Bonchev–Trinajstić information content (AvgIpc) is 2.39. The molecule has 0 saturated carbocycles. The van der Waals surface area contributed by atoms with Crippen LogP contribution in [0.4, 0.5) is 0 Å². The van der Waals surface area contributed by atoms with Gasteiger partial charge in [-0.2, -0.15) is 0 Å². The molecule has 2 rings (SSSR count). The monoisotopic (exact) mass is 262 g/mol. The number of hydrogen-bond donors (Lipinski definition) is 0. The Morgan fingerprint density at radius 1 is 1.21 bits per heavy atom. The minimum absolute atomic E-state index is 0.00306. The highest BCUT2D eigenvalue weighted by atomic mass is 16.2. The van der Waals surface area contributed by atoms with Gasteiger partial charge in [0.05, 0.1) is 11.9 Å². The first-order valence-electron chi connectivity index (χ1n) is 6.86. The van der Waals surface area contributed by atoms with Crippen molar-refractivity contribution in [1.29, 1.82) is 0 Å². The maximum Gasteiger partial charge on any atom is 0.274 e. The number of hydrogen-bond acceptors (Lipinski definition) is 4. The van der Waals surface area contributed by atoms with Crippen LogP contribution < -0.4 is 0 Å². The lowest BCUT2D eigenvalue weighted by Crippen LogP contribution is -2.49. The number of aryl methyl sites for hydroxylation is 1. The Morgan fingerprint density at radius 2 is 1.89 bits per heavy atom. The fourth-order valence-corrected chi connectivity index (χ4v) is 2.31. The van der Waals surface area contributed by atoms with E-state index in [0.717, 1.165) is 38.4 Å². The number of rotatable bonds is 3. The van der Waals surface area contributed by atoms with Gasteiger partial charge >= 0.3 is 0 Å². The molecule has 19 heavy (non-hydrogen) atoms. The van der Waals surface area contributed by atoms with Crippen LogP contribution in [0, 0.1) is 12.8 Å². The van der Waals surface area contributed by atoms with Crippen molar-refractivity contribution in [2.24, 2.45) is 5.92 Å². The second-order valence-corrected chi connectivity index (χ2v) is 5.53. The Hall–Kier alpha value is -1.49. The number of carbonyl (C=O) groups is 1. The first-order chi connectivity index (χ1) is 9.06. The molecule has 5 heteroatoms. The number of aromatic nitrogens is 2. The number of piperazine rings is 1. The molecular formula is C14H22N4O. The third-order valence-corrected chi connectivity index (χ3v) is 3.28. The maximum absolute atomic E-state index is 12.2. The second kappa shape index (κ2) is 6.10. The Bertz CT molecular complexity index is 422. The summed E-state index contributed by atoms with van der Waals surface area (Å²) in [5, 5.41) is 0. The second-order valence-electron chi connectivity index (χ2n) is 5.53. The van der Waals surface area contributed by atoms with E-state index in [9.17, 15) is 4.79 Å². The van der Waals surface area contributed by atoms with Crippen LogP contribution in [0.3, 0.4) is 0 Å². The first kappa shape index (κ1) is 13.9. The van der Waals surface area contributed by atoms with Crippen LogP contribution in [0.25, 0.3) is 0 Å². The van der Waals surface area contributed by atoms with Crippen LogP contribution in [0.5, 0.6) is 0 Å². The van der Waals surface area contributed by atoms with Crippen molar-refractivity contribution in [2.75, 3.05) is 32.7 Å². The molecule has 2 heterocycles. The molecule has 5 nitrogen and oxygen atoms in total. The van der Waals surface area contributed by atoms with E-state index in [-0.39, 0.29) is 5.91 Å². The van der Waals surface area contributed by atoms with Crippen molar-refractivity contribution >= 4 is 5.91 Å². The average molecular weight is 262 g/mol. The minimum Gasteiger partial charge on any atom is -0.335 e. The summed E-state index contributed by atoms with van der Waals surface area (Å²) in [5.74, 6) is 0.668. The van der Waals surface area contributed by atoms with Gasteiger partial charge in [0.25, 0.3) is 5.91 Å². The Morgan fingerprint density at radius 3 is 2.42 bits per heavy atom. The molecule has 0 bridgehead atoms. The van der Waals surface area contributed by atoms with Gasteiger partial charge in [-0.3, -0.25) is 14.7 Å². The molecule has 0 atom stereocenters. The Kier molecular flexibility index (Phi) is 4.47. The van der Waals surface area contributed by atoms with Gasteiger partial charge in [-0.25, -0.2) is 4.98 Å². The number of carbonyl (C=O) groups excluding carboxylic acids is 1. The third-order valence-electron chi connectivity index (χ3n) is 3.28. The van der Waals surface area contributed by atoms with Crippen LogP contribution in [-0.4, -0.2) is 58.4 Å². The predicted octanol–water partition coefficient (Wildman–Crippen LogP) is 1.20. The van der Waals surface area contributed by atoms with Crippen LogP contribution in [0.15, 0.2) is 12.4 Å². The molecule has 0 radical (unpaired) electrons. The molecule has 1 saturated heterocycles. The lowest BCUT2D eigenvalue weighted by Gasteiger charge is -2.35. The normalized spacial score (nSPS) is 16.9. The van der Waals surface area contributed by atoms with Crippen LogP contribution >= 0.6 is 0 Å². The predicted molar refractivity (Wildman–Crippen MR) is 74.0 cm³/mol. The standard InChI is InChI=1S/C14H22N4O/c1-11(2)10-17-4-6-18(7-5-17)14(19)13-9-15-12(3)8-16-13/h8-9,11H,4-7,10H2,1-3H3. The number of nitrogens with zero attached hydrogens (tertiary/aromatic N) is 4. The summed E-state index contributed by atoms with van der Waals surface area (Å²) in [4.78, 5) is 24.8. The van der Waals surface area contributed by atoms with E-state index >= 15 is 0 Å². The molecule has 1 aromatic rings. The number of amides is 1. The van der Waals surface area contributed by atoms with Crippen molar-refractivity contribution in [3.05, 3.63) is 23.8 Å². The molecule has 0 N–H and O–H groups in total. The Balaban J connectivity index is 1.90. The van der Waals surface area contributed by atoms with Crippen LogP contribution in [0.1, 0.15) is 30.0 Å². The fraction of sp³-hybridized carbons (Fsp3) is 0.643. The Labute approximate surface area is 114 Å². The lowest BCUT2D eigenvalue weighted by atomic mass is 10.2.